The van der Waals surface area contributed by atoms with E-state index in [1.165, 1.54) is 4.70 Å². The zero-order valence-corrected chi connectivity index (χ0v) is 33.8. The van der Waals surface area contributed by atoms with Crippen molar-refractivity contribution in [2.75, 3.05) is 0 Å². The summed E-state index contributed by atoms with van der Waals surface area (Å²) in [7, 11) is 0. The van der Waals surface area contributed by atoms with E-state index in [0.29, 0.717) is 11.6 Å². The summed E-state index contributed by atoms with van der Waals surface area (Å²) in [5, 5.41) is 1.12. The number of benzene rings is 8. The van der Waals surface area contributed by atoms with Gasteiger partial charge in [0.05, 0.1) is 27.3 Å². The number of thiophene rings is 1. The van der Waals surface area contributed by atoms with Crippen LogP contribution in [0.25, 0.3) is 110 Å². The quantitative estimate of drug-likeness (QED) is 0.154. The number of hydrogen-bond acceptors (Lipinski definition) is 5. The first-order valence-electron chi connectivity index (χ1n) is 20.4. The highest BCUT2D eigenvalue weighted by Gasteiger charge is 2.20. The van der Waals surface area contributed by atoms with Crippen molar-refractivity contribution < 1.29 is 0 Å². The summed E-state index contributed by atoms with van der Waals surface area (Å²) in [5.74, 6) is 1.32. The summed E-state index contributed by atoms with van der Waals surface area (Å²) in [4.78, 5) is 21.3. The third-order valence-electron chi connectivity index (χ3n) is 11.1. The van der Waals surface area contributed by atoms with Gasteiger partial charge in [0.25, 0.3) is 0 Å². The molecule has 0 aliphatic carbocycles. The van der Waals surface area contributed by atoms with Gasteiger partial charge in [-0.3, -0.25) is 0 Å². The van der Waals surface area contributed by atoms with Gasteiger partial charge in [-0.15, -0.1) is 11.3 Å². The fourth-order valence-electron chi connectivity index (χ4n) is 8.04. The molecule has 0 radical (unpaired) electrons. The van der Waals surface area contributed by atoms with E-state index in [9.17, 15) is 0 Å². The molecule has 3 heterocycles. The summed E-state index contributed by atoms with van der Waals surface area (Å²) in [6, 6.07) is 76.4. The Bertz CT molecular complexity index is 3070. The lowest BCUT2D eigenvalue weighted by atomic mass is 9.91. The molecule has 0 fully saturated rings. The van der Waals surface area contributed by atoms with Crippen LogP contribution in [0, 0.1) is 0 Å². The van der Waals surface area contributed by atoms with Crippen LogP contribution in [-0.4, -0.2) is 19.9 Å². The zero-order valence-electron chi connectivity index (χ0n) is 33.0. The van der Waals surface area contributed by atoms with Crippen molar-refractivity contribution in [2.45, 2.75) is 0 Å². The van der Waals surface area contributed by atoms with Crippen LogP contribution in [0.15, 0.2) is 218 Å². The number of nitrogens with zero attached hydrogens (tertiary/aromatic N) is 4. The smallest absolute Gasteiger partial charge is 0.160 e. The maximum atomic E-state index is 5.43. The molecule has 0 N–H and O–H groups in total. The molecular weight excluding hydrogens is 761 g/mol. The van der Waals surface area contributed by atoms with Gasteiger partial charge in [-0.1, -0.05) is 170 Å². The largest absolute Gasteiger partial charge is 0.228 e. The Hall–Kier alpha value is -7.86. The Kier molecular flexibility index (Phi) is 9.34. The molecule has 0 saturated heterocycles. The molecule has 11 rings (SSSR count). The maximum Gasteiger partial charge on any atom is 0.160 e. The highest BCUT2D eigenvalue weighted by molar-refractivity contribution is 7.26. The highest BCUT2D eigenvalue weighted by Crippen LogP contribution is 2.42. The van der Waals surface area contributed by atoms with Gasteiger partial charge in [-0.2, -0.15) is 0 Å². The van der Waals surface area contributed by atoms with E-state index in [2.05, 4.69) is 176 Å². The first kappa shape index (κ1) is 36.2. The number of aromatic nitrogens is 4. The molecule has 11 aromatic rings. The first-order valence-corrected chi connectivity index (χ1v) is 21.2. The number of fused-ring (bicyclic) bond motifs is 3. The molecule has 8 aromatic carbocycles. The van der Waals surface area contributed by atoms with Gasteiger partial charge in [0.15, 0.2) is 11.6 Å². The molecule has 0 amide bonds. The Balaban J connectivity index is 1.20. The summed E-state index contributed by atoms with van der Waals surface area (Å²) in [5.41, 5.74) is 15.1. The predicted molar refractivity (Wildman–Crippen MR) is 254 cm³/mol. The van der Waals surface area contributed by atoms with Crippen molar-refractivity contribution in [3.8, 4) is 89.9 Å². The van der Waals surface area contributed by atoms with Crippen LogP contribution >= 0.6 is 11.3 Å². The van der Waals surface area contributed by atoms with Gasteiger partial charge in [0.2, 0.25) is 0 Å². The Morgan fingerprint density at radius 2 is 0.689 bits per heavy atom. The predicted octanol–water partition coefficient (Wildman–Crippen LogP) is 15.0. The summed E-state index contributed by atoms with van der Waals surface area (Å²) < 4.78 is 2.26. The van der Waals surface area contributed by atoms with Crippen LogP contribution in [0.2, 0.25) is 0 Å². The molecule has 0 saturated carbocycles. The summed E-state index contributed by atoms with van der Waals surface area (Å²) in [6.07, 6.45) is 0. The van der Waals surface area contributed by atoms with Crippen LogP contribution in [0.3, 0.4) is 0 Å². The van der Waals surface area contributed by atoms with E-state index in [4.69, 9.17) is 19.9 Å². The van der Waals surface area contributed by atoms with E-state index in [0.717, 1.165) is 93.9 Å². The normalized spacial score (nSPS) is 11.3. The second-order valence-electron chi connectivity index (χ2n) is 15.1. The minimum Gasteiger partial charge on any atom is -0.228 e. The molecule has 5 heteroatoms. The fraction of sp³-hybridized carbons (Fsp3) is 0. The second kappa shape index (κ2) is 15.7. The maximum absolute atomic E-state index is 5.43. The number of rotatable bonds is 8. The van der Waals surface area contributed by atoms with Crippen molar-refractivity contribution in [3.05, 3.63) is 218 Å². The van der Waals surface area contributed by atoms with Crippen molar-refractivity contribution in [3.63, 3.8) is 0 Å². The Labute approximate surface area is 358 Å². The molecule has 0 unspecified atom stereocenters. The lowest BCUT2D eigenvalue weighted by Gasteiger charge is -2.15. The van der Waals surface area contributed by atoms with Crippen LogP contribution in [0.4, 0.5) is 0 Å². The van der Waals surface area contributed by atoms with Gasteiger partial charge in [0.1, 0.15) is 0 Å². The van der Waals surface area contributed by atoms with Crippen molar-refractivity contribution in [1.82, 2.24) is 19.9 Å². The van der Waals surface area contributed by atoms with E-state index >= 15 is 0 Å². The first-order chi connectivity index (χ1) is 30.2. The van der Waals surface area contributed by atoms with Crippen LogP contribution in [0.1, 0.15) is 0 Å². The monoisotopic (exact) mass is 796 g/mol. The second-order valence-corrected chi connectivity index (χ2v) is 16.1. The zero-order chi connectivity index (χ0) is 40.5. The molecule has 4 nitrogen and oxygen atoms in total. The molecule has 0 aliphatic rings. The minimum atomic E-state index is 0.654. The van der Waals surface area contributed by atoms with Crippen molar-refractivity contribution >= 4 is 31.6 Å². The van der Waals surface area contributed by atoms with Crippen LogP contribution in [-0.2, 0) is 0 Å². The summed E-state index contributed by atoms with van der Waals surface area (Å²) in [6.45, 7) is 0. The van der Waals surface area contributed by atoms with E-state index in [1.807, 2.05) is 42.5 Å². The lowest BCUT2D eigenvalue weighted by molar-refractivity contribution is 1.18. The van der Waals surface area contributed by atoms with Gasteiger partial charge < -0.3 is 0 Å². The van der Waals surface area contributed by atoms with Crippen LogP contribution < -0.4 is 0 Å². The van der Waals surface area contributed by atoms with Gasteiger partial charge >= 0.3 is 0 Å². The van der Waals surface area contributed by atoms with E-state index in [1.54, 1.807) is 11.3 Å². The molecule has 3 aromatic heterocycles. The van der Waals surface area contributed by atoms with Gasteiger partial charge in [-0.25, -0.2) is 19.9 Å². The van der Waals surface area contributed by atoms with Gasteiger partial charge in [-0.05, 0) is 81.9 Å². The van der Waals surface area contributed by atoms with Gasteiger partial charge in [0, 0.05) is 37.9 Å². The number of hydrogen-bond donors (Lipinski definition) is 0. The van der Waals surface area contributed by atoms with Crippen molar-refractivity contribution in [2.24, 2.45) is 0 Å². The fourth-order valence-corrected chi connectivity index (χ4v) is 9.19. The highest BCUT2D eigenvalue weighted by atomic mass is 32.1. The average Bonchev–Trinajstić information content (AvgIpc) is 3.73. The van der Waals surface area contributed by atoms with E-state index in [-0.39, 0.29) is 0 Å². The topological polar surface area (TPSA) is 51.6 Å². The minimum absolute atomic E-state index is 0.654. The molecule has 286 valence electrons. The third kappa shape index (κ3) is 7.18. The summed E-state index contributed by atoms with van der Waals surface area (Å²) >= 11 is 1.74. The molecular formula is C56H36N4S. The molecule has 0 atom stereocenters. The van der Waals surface area contributed by atoms with Crippen LogP contribution in [0.5, 0.6) is 0 Å². The average molecular weight is 797 g/mol. The molecule has 0 aliphatic heterocycles. The van der Waals surface area contributed by atoms with Crippen molar-refractivity contribution in [1.29, 1.82) is 0 Å². The Morgan fingerprint density at radius 1 is 0.279 bits per heavy atom. The Morgan fingerprint density at radius 3 is 1.28 bits per heavy atom. The molecule has 0 spiro atoms. The molecule has 0 bridgehead atoms. The SMILES string of the molecule is c1ccc(-c2cc(-c3ccccc3)cc(-c3cc(-c4cc(-c5ccccc5)nc(-c5ccccc5)n4)cc(-c4nc(-c5ccccc5)c5sc6ccccc6c5n4)c3)c2)cc1. The third-order valence-corrected chi connectivity index (χ3v) is 12.2. The molecule has 61 heavy (non-hydrogen) atoms. The van der Waals surface area contributed by atoms with E-state index < -0.39 is 0 Å². The standard InChI is InChI=1S/C56H36N4S/c1-6-18-37(19-7-1)42-30-43(38-20-8-2-9-21-38)32-44(31-42)45-33-46(50-36-49(39-22-10-3-11-23-39)57-55(58-50)41-26-14-5-15-27-41)35-47(34-45)56-59-52(40-24-12-4-13-25-40)54-53(60-56)48-28-16-17-29-51(48)61-54/h1-36H. The lowest BCUT2D eigenvalue weighted by Crippen LogP contribution is -1.98.